The van der Waals surface area contributed by atoms with Gasteiger partial charge in [0.15, 0.2) is 0 Å². The molecule has 3 nitrogen and oxygen atoms in total. The Kier molecular flexibility index (Phi) is 3.87. The van der Waals surface area contributed by atoms with Crippen molar-refractivity contribution in [2.75, 3.05) is 5.32 Å². The molecule has 0 saturated heterocycles. The first-order chi connectivity index (χ1) is 10.6. The Morgan fingerprint density at radius 1 is 1.23 bits per heavy atom. The molecule has 0 radical (unpaired) electrons. The maximum Gasteiger partial charge on any atom is 0.235 e. The average molecular weight is 311 g/mol. The number of benzene rings is 2. The number of nitriles is 1. The minimum Gasteiger partial charge on any atom is -0.325 e. The number of anilines is 1. The highest BCUT2D eigenvalue weighted by atomic mass is 35.5. The van der Waals surface area contributed by atoms with Crippen molar-refractivity contribution in [1.82, 2.24) is 0 Å². The molecule has 1 N–H and O–H groups in total. The lowest BCUT2D eigenvalue weighted by atomic mass is 9.95. The highest BCUT2D eigenvalue weighted by molar-refractivity contribution is 6.30. The second-order valence-corrected chi connectivity index (χ2v) is 6.01. The van der Waals surface area contributed by atoms with E-state index in [0.717, 1.165) is 29.7 Å². The van der Waals surface area contributed by atoms with Crippen LogP contribution in [0.3, 0.4) is 0 Å². The minimum absolute atomic E-state index is 0.00259. The van der Waals surface area contributed by atoms with Crippen LogP contribution in [0.2, 0.25) is 5.02 Å². The van der Waals surface area contributed by atoms with Crippen LogP contribution in [0.5, 0.6) is 0 Å². The molecule has 0 aliphatic heterocycles. The zero-order chi connectivity index (χ0) is 15.6. The summed E-state index contributed by atoms with van der Waals surface area (Å²) in [5, 5.41) is 12.3. The van der Waals surface area contributed by atoms with Crippen LogP contribution in [-0.4, -0.2) is 5.91 Å². The number of carbonyl (C=O) groups excluding carboxylic acids is 1. The predicted molar refractivity (Wildman–Crippen MR) is 86.8 cm³/mol. The molecule has 0 heterocycles. The topological polar surface area (TPSA) is 52.9 Å². The highest BCUT2D eigenvalue weighted by Gasteiger charge is 2.51. The molecule has 22 heavy (non-hydrogen) atoms. The van der Waals surface area contributed by atoms with Crippen molar-refractivity contribution in [3.63, 3.8) is 0 Å². The first kappa shape index (κ1) is 14.6. The van der Waals surface area contributed by atoms with Gasteiger partial charge < -0.3 is 5.32 Å². The van der Waals surface area contributed by atoms with E-state index in [1.165, 1.54) is 0 Å². The molecule has 0 unspecified atom stereocenters. The molecule has 110 valence electrons. The summed E-state index contributed by atoms with van der Waals surface area (Å²) in [6, 6.07) is 17.0. The molecule has 1 aliphatic rings. The Morgan fingerprint density at radius 2 is 1.95 bits per heavy atom. The summed E-state index contributed by atoms with van der Waals surface area (Å²) in [5.41, 5.74) is 2.21. The zero-order valence-electron chi connectivity index (χ0n) is 12.0. The molecular formula is C18H15ClN2O. The summed E-state index contributed by atoms with van der Waals surface area (Å²) in [6.45, 7) is 0. The van der Waals surface area contributed by atoms with Gasteiger partial charge in [0.2, 0.25) is 5.91 Å². The van der Waals surface area contributed by atoms with Crippen LogP contribution in [0.4, 0.5) is 5.69 Å². The quantitative estimate of drug-likeness (QED) is 0.925. The lowest BCUT2D eigenvalue weighted by molar-refractivity contribution is -0.118. The largest absolute Gasteiger partial charge is 0.325 e. The summed E-state index contributed by atoms with van der Waals surface area (Å²) in [4.78, 5) is 12.6. The molecule has 1 saturated carbocycles. The van der Waals surface area contributed by atoms with Gasteiger partial charge in [-0.2, -0.15) is 5.26 Å². The molecule has 4 heteroatoms. The summed E-state index contributed by atoms with van der Waals surface area (Å²) in [7, 11) is 0. The molecule has 1 aliphatic carbocycles. The fourth-order valence-electron chi connectivity index (χ4n) is 2.61. The van der Waals surface area contributed by atoms with Crippen LogP contribution >= 0.6 is 11.6 Å². The van der Waals surface area contributed by atoms with Gasteiger partial charge in [-0.15, -0.1) is 0 Å². The van der Waals surface area contributed by atoms with Crippen LogP contribution in [0, 0.1) is 11.3 Å². The van der Waals surface area contributed by atoms with Crippen LogP contribution in [-0.2, 0) is 16.6 Å². The summed E-state index contributed by atoms with van der Waals surface area (Å²) < 4.78 is 0. The summed E-state index contributed by atoms with van der Waals surface area (Å²) >= 11 is 6.03. The van der Waals surface area contributed by atoms with Gasteiger partial charge in [0.05, 0.1) is 17.9 Å². The van der Waals surface area contributed by atoms with Gasteiger partial charge >= 0.3 is 0 Å². The monoisotopic (exact) mass is 310 g/mol. The molecule has 0 bridgehead atoms. The number of halogens is 1. The lowest BCUT2D eigenvalue weighted by Crippen LogP contribution is -2.27. The Labute approximate surface area is 134 Å². The van der Waals surface area contributed by atoms with E-state index in [2.05, 4.69) is 11.4 Å². The van der Waals surface area contributed by atoms with Crippen LogP contribution in [0.1, 0.15) is 24.0 Å². The Balaban J connectivity index is 1.76. The van der Waals surface area contributed by atoms with Crippen molar-refractivity contribution >= 4 is 23.2 Å². The third-order valence-electron chi connectivity index (χ3n) is 4.06. The second kappa shape index (κ2) is 5.82. The van der Waals surface area contributed by atoms with E-state index >= 15 is 0 Å². The first-order valence-electron chi connectivity index (χ1n) is 7.17. The maximum atomic E-state index is 12.6. The number of carbonyl (C=O) groups is 1. The Hall–Kier alpha value is -2.31. The fourth-order valence-corrected chi connectivity index (χ4v) is 2.80. The Morgan fingerprint density at radius 3 is 2.55 bits per heavy atom. The fraction of sp³-hybridized carbons (Fsp3) is 0.222. The van der Waals surface area contributed by atoms with E-state index in [9.17, 15) is 4.79 Å². The Bertz CT molecular complexity index is 742. The first-order valence-corrected chi connectivity index (χ1v) is 7.55. The smallest absolute Gasteiger partial charge is 0.235 e. The average Bonchev–Trinajstić information content (AvgIpc) is 3.31. The van der Waals surface area contributed by atoms with Crippen molar-refractivity contribution in [3.05, 3.63) is 64.7 Å². The van der Waals surface area contributed by atoms with E-state index in [1.807, 2.05) is 48.5 Å². The standard InChI is InChI=1S/C18H15ClN2O/c19-15-3-1-2-14(12-15)18(9-10-18)17(22)21-16-6-4-13(5-7-16)8-11-20/h1-7,12H,8-10H2,(H,21,22). The molecule has 2 aromatic rings. The van der Waals surface area contributed by atoms with E-state index in [4.69, 9.17) is 16.9 Å². The van der Waals surface area contributed by atoms with Gasteiger partial charge in [0.1, 0.15) is 0 Å². The van der Waals surface area contributed by atoms with Crippen molar-refractivity contribution in [3.8, 4) is 6.07 Å². The second-order valence-electron chi connectivity index (χ2n) is 5.58. The van der Waals surface area contributed by atoms with Gasteiger partial charge in [0.25, 0.3) is 0 Å². The third-order valence-corrected chi connectivity index (χ3v) is 4.29. The van der Waals surface area contributed by atoms with Crippen LogP contribution < -0.4 is 5.32 Å². The number of nitrogens with one attached hydrogen (secondary N) is 1. The van der Waals surface area contributed by atoms with E-state index in [-0.39, 0.29) is 5.91 Å². The molecule has 0 atom stereocenters. The number of nitrogens with zero attached hydrogens (tertiary/aromatic N) is 1. The van der Waals surface area contributed by atoms with Crippen LogP contribution in [0.25, 0.3) is 0 Å². The van der Waals surface area contributed by atoms with E-state index in [0.29, 0.717) is 11.4 Å². The highest BCUT2D eigenvalue weighted by Crippen LogP contribution is 2.49. The number of hydrogen-bond donors (Lipinski definition) is 1. The predicted octanol–water partition coefficient (Wildman–Crippen LogP) is 4.08. The molecule has 0 aromatic heterocycles. The number of amides is 1. The number of rotatable bonds is 4. The summed E-state index contributed by atoms with van der Waals surface area (Å²) in [6.07, 6.45) is 2.05. The molecule has 2 aromatic carbocycles. The normalized spacial score (nSPS) is 14.9. The zero-order valence-corrected chi connectivity index (χ0v) is 12.7. The summed E-state index contributed by atoms with van der Waals surface area (Å²) in [5.74, 6) is 0.00259. The SMILES string of the molecule is N#CCc1ccc(NC(=O)C2(c3cccc(Cl)c3)CC2)cc1. The lowest BCUT2D eigenvalue weighted by Gasteiger charge is -2.16. The minimum atomic E-state index is -0.448. The maximum absolute atomic E-state index is 12.6. The van der Waals surface area contributed by atoms with Crippen molar-refractivity contribution in [2.24, 2.45) is 0 Å². The molecule has 0 spiro atoms. The molecule has 1 amide bonds. The molecule has 1 fully saturated rings. The molecular weight excluding hydrogens is 296 g/mol. The van der Waals surface area contributed by atoms with E-state index in [1.54, 1.807) is 0 Å². The number of hydrogen-bond acceptors (Lipinski definition) is 2. The van der Waals surface area contributed by atoms with Crippen LogP contribution in [0.15, 0.2) is 48.5 Å². The third kappa shape index (κ3) is 2.84. The van der Waals surface area contributed by atoms with Gasteiger partial charge in [-0.25, -0.2) is 0 Å². The molecule has 3 rings (SSSR count). The van der Waals surface area contributed by atoms with Gasteiger partial charge in [-0.3, -0.25) is 4.79 Å². The van der Waals surface area contributed by atoms with Crippen molar-refractivity contribution in [2.45, 2.75) is 24.7 Å². The van der Waals surface area contributed by atoms with Crippen molar-refractivity contribution in [1.29, 1.82) is 5.26 Å². The van der Waals surface area contributed by atoms with Gasteiger partial charge in [-0.1, -0.05) is 35.9 Å². The van der Waals surface area contributed by atoms with Gasteiger partial charge in [-0.05, 0) is 48.2 Å². The van der Waals surface area contributed by atoms with Gasteiger partial charge in [0, 0.05) is 10.7 Å². The van der Waals surface area contributed by atoms with E-state index < -0.39 is 5.41 Å². The van der Waals surface area contributed by atoms with Crippen molar-refractivity contribution < 1.29 is 4.79 Å².